The third kappa shape index (κ3) is 0.980. The van der Waals surface area contributed by atoms with Crippen molar-refractivity contribution in [3.8, 4) is 0 Å². The fourth-order valence-corrected chi connectivity index (χ4v) is 0.855. The van der Waals surface area contributed by atoms with Gasteiger partial charge in [0.1, 0.15) is 6.04 Å². The first kappa shape index (κ1) is 5.56. The molecule has 2 N–H and O–H groups in total. The van der Waals surface area contributed by atoms with E-state index in [1.165, 1.54) is 0 Å². The van der Waals surface area contributed by atoms with Crippen LogP contribution in [0.5, 0.6) is 0 Å². The van der Waals surface area contributed by atoms with Crippen molar-refractivity contribution in [3.05, 3.63) is 0 Å². The minimum atomic E-state index is -0.275. The van der Waals surface area contributed by atoms with Crippen LogP contribution in [0.15, 0.2) is 0 Å². The first-order valence-electron chi connectivity index (χ1n) is 2.76. The van der Waals surface area contributed by atoms with Crippen molar-refractivity contribution >= 4 is 5.91 Å². The van der Waals surface area contributed by atoms with E-state index in [1.54, 1.807) is 0 Å². The Morgan fingerprint density at radius 3 is 2.75 bits per heavy atom. The maximum atomic E-state index is 10.3. The molecule has 1 heterocycles. The molecule has 0 aromatic heterocycles. The molecule has 8 heavy (non-hydrogen) atoms. The molecule has 1 fully saturated rings. The van der Waals surface area contributed by atoms with E-state index >= 15 is 0 Å². The van der Waals surface area contributed by atoms with E-state index in [0.29, 0.717) is 0 Å². The Balaban J connectivity index is 2.35. The Labute approximate surface area is 48.2 Å². The fourth-order valence-electron chi connectivity index (χ4n) is 0.855. The maximum Gasteiger partial charge on any atom is 0.236 e. The standard InChI is InChI=1S/C5H9N2O/c6-5(8)4-2-1-3-7-4/h4H,1-3H2,(H2,6,8). The number of carbonyl (C=O) groups excluding carboxylic acids is 1. The monoisotopic (exact) mass is 113 g/mol. The lowest BCUT2D eigenvalue weighted by Crippen LogP contribution is -2.31. The average molecular weight is 113 g/mol. The van der Waals surface area contributed by atoms with Gasteiger partial charge in [-0.15, -0.1) is 0 Å². The number of rotatable bonds is 1. The van der Waals surface area contributed by atoms with Gasteiger partial charge in [-0.3, -0.25) is 4.79 Å². The summed E-state index contributed by atoms with van der Waals surface area (Å²) in [5, 5.41) is 3.96. The van der Waals surface area contributed by atoms with E-state index in [0.717, 1.165) is 19.4 Å². The van der Waals surface area contributed by atoms with Crippen molar-refractivity contribution in [2.24, 2.45) is 5.73 Å². The summed E-state index contributed by atoms with van der Waals surface area (Å²) in [5.74, 6) is -0.275. The van der Waals surface area contributed by atoms with Gasteiger partial charge in [0.05, 0.1) is 0 Å². The number of hydrogen-bond donors (Lipinski definition) is 1. The lowest BCUT2D eigenvalue weighted by molar-refractivity contribution is -0.119. The van der Waals surface area contributed by atoms with Gasteiger partial charge < -0.3 is 5.73 Å². The smallest absolute Gasteiger partial charge is 0.236 e. The fraction of sp³-hybridized carbons (Fsp3) is 0.800. The summed E-state index contributed by atoms with van der Waals surface area (Å²) in [7, 11) is 0. The van der Waals surface area contributed by atoms with Crippen molar-refractivity contribution < 1.29 is 4.79 Å². The number of nitrogens with two attached hydrogens (primary N) is 1. The van der Waals surface area contributed by atoms with E-state index in [-0.39, 0.29) is 11.9 Å². The number of nitrogens with zero attached hydrogens (tertiary/aromatic N) is 1. The van der Waals surface area contributed by atoms with E-state index in [9.17, 15) is 4.79 Å². The number of carbonyl (C=O) groups is 1. The van der Waals surface area contributed by atoms with Crippen molar-refractivity contribution in [2.75, 3.05) is 6.54 Å². The number of primary amides is 1. The summed E-state index contributed by atoms with van der Waals surface area (Å²) in [5.41, 5.74) is 4.97. The summed E-state index contributed by atoms with van der Waals surface area (Å²) < 4.78 is 0. The highest BCUT2D eigenvalue weighted by atomic mass is 16.1. The summed E-state index contributed by atoms with van der Waals surface area (Å²) in [6.45, 7) is 0.813. The molecule has 1 saturated heterocycles. The summed E-state index contributed by atoms with van der Waals surface area (Å²) >= 11 is 0. The molecule has 1 atom stereocenters. The number of amides is 1. The second-order valence-electron chi connectivity index (χ2n) is 1.97. The van der Waals surface area contributed by atoms with Crippen LogP contribution in [0.3, 0.4) is 0 Å². The minimum absolute atomic E-state index is 0.171. The minimum Gasteiger partial charge on any atom is -0.368 e. The molecule has 1 amide bonds. The van der Waals surface area contributed by atoms with Gasteiger partial charge in [-0.05, 0) is 12.8 Å². The molecule has 1 radical (unpaired) electrons. The lowest BCUT2D eigenvalue weighted by Gasteiger charge is -1.98. The Hall–Kier alpha value is -0.570. The van der Waals surface area contributed by atoms with Crippen LogP contribution in [-0.4, -0.2) is 18.5 Å². The molecule has 3 heteroatoms. The van der Waals surface area contributed by atoms with E-state index in [2.05, 4.69) is 5.32 Å². The molecule has 3 nitrogen and oxygen atoms in total. The zero-order valence-electron chi connectivity index (χ0n) is 4.63. The summed E-state index contributed by atoms with van der Waals surface area (Å²) in [4.78, 5) is 10.3. The van der Waals surface area contributed by atoms with Crippen molar-refractivity contribution in [3.63, 3.8) is 0 Å². The quantitative estimate of drug-likeness (QED) is 0.477. The molecular weight excluding hydrogens is 104 g/mol. The molecule has 0 saturated carbocycles. The van der Waals surface area contributed by atoms with Gasteiger partial charge in [0.2, 0.25) is 5.91 Å². The number of hydrogen-bond acceptors (Lipinski definition) is 1. The summed E-state index contributed by atoms with van der Waals surface area (Å²) in [6, 6.07) is -0.171. The molecule has 1 rings (SSSR count). The Kier molecular flexibility index (Phi) is 1.48. The Morgan fingerprint density at radius 1 is 1.75 bits per heavy atom. The SMILES string of the molecule is NC(=O)C1CCC[N]1. The largest absolute Gasteiger partial charge is 0.368 e. The molecule has 45 valence electrons. The average Bonchev–Trinajstić information content (AvgIpc) is 2.12. The van der Waals surface area contributed by atoms with E-state index in [4.69, 9.17) is 5.73 Å². The molecule has 0 aromatic rings. The molecular formula is C5H9N2O. The van der Waals surface area contributed by atoms with Crippen LogP contribution in [0.25, 0.3) is 0 Å². The molecule has 0 aliphatic carbocycles. The third-order valence-corrected chi connectivity index (χ3v) is 1.31. The first-order chi connectivity index (χ1) is 3.80. The van der Waals surface area contributed by atoms with E-state index in [1.807, 2.05) is 0 Å². The van der Waals surface area contributed by atoms with Crippen molar-refractivity contribution in [1.82, 2.24) is 5.32 Å². The lowest BCUT2D eigenvalue weighted by atomic mass is 10.2. The van der Waals surface area contributed by atoms with Crippen LogP contribution < -0.4 is 11.1 Å². The topological polar surface area (TPSA) is 57.2 Å². The third-order valence-electron chi connectivity index (χ3n) is 1.31. The maximum absolute atomic E-state index is 10.3. The predicted octanol–water partition coefficient (Wildman–Crippen LogP) is -0.762. The molecule has 0 spiro atoms. The molecule has 1 aliphatic heterocycles. The van der Waals surface area contributed by atoms with Gasteiger partial charge >= 0.3 is 0 Å². The Morgan fingerprint density at radius 2 is 2.50 bits per heavy atom. The highest BCUT2D eigenvalue weighted by Gasteiger charge is 2.19. The van der Waals surface area contributed by atoms with Gasteiger partial charge in [-0.25, -0.2) is 5.32 Å². The zero-order valence-corrected chi connectivity index (χ0v) is 4.63. The molecule has 0 aromatic carbocycles. The van der Waals surface area contributed by atoms with Crippen LogP contribution in [0.4, 0.5) is 0 Å². The molecule has 1 unspecified atom stereocenters. The first-order valence-corrected chi connectivity index (χ1v) is 2.76. The predicted molar refractivity (Wildman–Crippen MR) is 29.2 cm³/mol. The van der Waals surface area contributed by atoms with Crippen LogP contribution in [0.2, 0.25) is 0 Å². The van der Waals surface area contributed by atoms with Crippen LogP contribution in [0.1, 0.15) is 12.8 Å². The highest BCUT2D eigenvalue weighted by Crippen LogP contribution is 2.04. The van der Waals surface area contributed by atoms with Gasteiger partial charge in [0.15, 0.2) is 0 Å². The van der Waals surface area contributed by atoms with Gasteiger partial charge in [0, 0.05) is 6.54 Å². The molecule has 0 bridgehead atoms. The second kappa shape index (κ2) is 2.13. The normalized spacial score (nSPS) is 28.2. The molecule has 1 aliphatic rings. The van der Waals surface area contributed by atoms with Crippen molar-refractivity contribution in [1.29, 1.82) is 0 Å². The van der Waals surface area contributed by atoms with Crippen molar-refractivity contribution in [2.45, 2.75) is 18.9 Å². The Bertz CT molecular complexity index is 96.6. The van der Waals surface area contributed by atoms with Crippen LogP contribution in [-0.2, 0) is 4.79 Å². The van der Waals surface area contributed by atoms with Crippen LogP contribution in [0, 0.1) is 0 Å². The summed E-state index contributed by atoms with van der Waals surface area (Å²) in [6.07, 6.45) is 1.88. The van der Waals surface area contributed by atoms with Gasteiger partial charge in [-0.1, -0.05) is 0 Å². The van der Waals surface area contributed by atoms with Gasteiger partial charge in [0.25, 0.3) is 0 Å². The van der Waals surface area contributed by atoms with Crippen LogP contribution >= 0.6 is 0 Å². The van der Waals surface area contributed by atoms with Gasteiger partial charge in [-0.2, -0.15) is 0 Å². The van der Waals surface area contributed by atoms with E-state index < -0.39 is 0 Å². The second-order valence-corrected chi connectivity index (χ2v) is 1.97. The highest BCUT2D eigenvalue weighted by molar-refractivity contribution is 5.79. The zero-order chi connectivity index (χ0) is 5.98.